The summed E-state index contributed by atoms with van der Waals surface area (Å²) in [5.74, 6) is -0.682. The molecule has 28 heavy (non-hydrogen) atoms. The van der Waals surface area contributed by atoms with Crippen LogP contribution in [0.25, 0.3) is 0 Å². The molecule has 0 radical (unpaired) electrons. The molecule has 2 rings (SSSR count). The van der Waals surface area contributed by atoms with E-state index in [4.69, 9.17) is 0 Å². The maximum absolute atomic E-state index is 12.6. The van der Waals surface area contributed by atoms with Gasteiger partial charge in [-0.25, -0.2) is 8.42 Å². The lowest BCUT2D eigenvalue weighted by molar-refractivity contribution is 0.0920. The van der Waals surface area contributed by atoms with Crippen LogP contribution in [-0.2, 0) is 10.0 Å². The lowest BCUT2D eigenvalue weighted by atomic mass is 10.1. The van der Waals surface area contributed by atoms with Gasteiger partial charge in [0.05, 0.1) is 23.2 Å². The van der Waals surface area contributed by atoms with E-state index in [1.165, 1.54) is 19.2 Å². The van der Waals surface area contributed by atoms with E-state index in [1.54, 1.807) is 36.4 Å². The van der Waals surface area contributed by atoms with E-state index >= 15 is 0 Å². The summed E-state index contributed by atoms with van der Waals surface area (Å²) in [5.41, 5.74) is 1.14. The topological polar surface area (TPSA) is 95.6 Å². The standard InChI is InChI=1S/C20H25N3O4S/c1-20(2,3)22-19(25)16-8-6-7-9-17(16)21-18(24)14-10-12-15(13-11-14)23(4)28(5,26)27/h6-13H,1-5H3,(H,21,24)(H,22,25). The number of amides is 2. The fourth-order valence-electron chi connectivity index (χ4n) is 2.41. The molecule has 0 unspecified atom stereocenters. The quantitative estimate of drug-likeness (QED) is 0.802. The second-order valence-corrected chi connectivity index (χ2v) is 9.49. The van der Waals surface area contributed by atoms with E-state index in [0.717, 1.165) is 10.6 Å². The fraction of sp³-hybridized carbons (Fsp3) is 0.300. The Balaban J connectivity index is 2.21. The van der Waals surface area contributed by atoms with Crippen molar-refractivity contribution in [2.45, 2.75) is 26.3 Å². The van der Waals surface area contributed by atoms with Gasteiger partial charge < -0.3 is 10.6 Å². The Kier molecular flexibility index (Phi) is 6.14. The van der Waals surface area contributed by atoms with E-state index in [-0.39, 0.29) is 5.91 Å². The average molecular weight is 404 g/mol. The zero-order chi connectivity index (χ0) is 21.1. The van der Waals surface area contributed by atoms with Crippen LogP contribution in [0, 0.1) is 0 Å². The van der Waals surface area contributed by atoms with Crippen molar-refractivity contribution in [3.05, 3.63) is 59.7 Å². The highest BCUT2D eigenvalue weighted by molar-refractivity contribution is 7.92. The summed E-state index contributed by atoms with van der Waals surface area (Å²) in [7, 11) is -1.94. The molecule has 0 spiro atoms. The first-order chi connectivity index (χ1) is 12.9. The highest BCUT2D eigenvalue weighted by Gasteiger charge is 2.19. The largest absolute Gasteiger partial charge is 0.347 e. The SMILES string of the molecule is CN(c1ccc(C(=O)Nc2ccccc2C(=O)NC(C)(C)C)cc1)S(C)(=O)=O. The van der Waals surface area contributed by atoms with Gasteiger partial charge in [0.15, 0.2) is 0 Å². The molecular weight excluding hydrogens is 378 g/mol. The smallest absolute Gasteiger partial charge is 0.255 e. The first-order valence-corrected chi connectivity index (χ1v) is 10.5. The minimum absolute atomic E-state index is 0.284. The zero-order valence-electron chi connectivity index (χ0n) is 16.6. The third-order valence-corrected chi connectivity index (χ3v) is 5.10. The van der Waals surface area contributed by atoms with Crippen molar-refractivity contribution < 1.29 is 18.0 Å². The highest BCUT2D eigenvalue weighted by atomic mass is 32.2. The summed E-state index contributed by atoms with van der Waals surface area (Å²) in [6.45, 7) is 5.63. The number of rotatable bonds is 5. The number of para-hydroxylation sites is 1. The van der Waals surface area contributed by atoms with Gasteiger partial charge in [0, 0.05) is 18.2 Å². The van der Waals surface area contributed by atoms with Crippen LogP contribution in [0.2, 0.25) is 0 Å². The molecule has 0 atom stereocenters. The third-order valence-electron chi connectivity index (χ3n) is 3.90. The van der Waals surface area contributed by atoms with Crippen LogP contribution in [-0.4, -0.2) is 39.1 Å². The van der Waals surface area contributed by atoms with Gasteiger partial charge in [0.25, 0.3) is 11.8 Å². The van der Waals surface area contributed by atoms with Gasteiger partial charge in [0.2, 0.25) is 10.0 Å². The number of benzene rings is 2. The molecule has 8 heteroatoms. The van der Waals surface area contributed by atoms with Crippen molar-refractivity contribution in [1.82, 2.24) is 5.32 Å². The molecule has 0 aliphatic rings. The van der Waals surface area contributed by atoms with E-state index in [9.17, 15) is 18.0 Å². The third kappa shape index (κ3) is 5.56. The molecule has 0 saturated carbocycles. The Labute approximate surface area is 165 Å². The molecular formula is C20H25N3O4S. The van der Waals surface area contributed by atoms with Gasteiger partial charge >= 0.3 is 0 Å². The predicted molar refractivity (Wildman–Crippen MR) is 111 cm³/mol. The summed E-state index contributed by atoms with van der Waals surface area (Å²) >= 11 is 0. The Morgan fingerprint density at radius 2 is 1.50 bits per heavy atom. The Hall–Kier alpha value is -2.87. The Morgan fingerprint density at radius 3 is 2.04 bits per heavy atom. The molecule has 0 aliphatic carbocycles. The number of hydrogen-bond acceptors (Lipinski definition) is 4. The van der Waals surface area contributed by atoms with Crippen LogP contribution < -0.4 is 14.9 Å². The minimum atomic E-state index is -3.38. The summed E-state index contributed by atoms with van der Waals surface area (Å²) in [6, 6.07) is 12.9. The van der Waals surface area contributed by atoms with Gasteiger partial charge in [-0.15, -0.1) is 0 Å². The van der Waals surface area contributed by atoms with Gasteiger partial charge in [0.1, 0.15) is 0 Å². The second-order valence-electron chi connectivity index (χ2n) is 7.48. The molecule has 0 bridgehead atoms. The van der Waals surface area contributed by atoms with Crippen molar-refractivity contribution in [3.63, 3.8) is 0 Å². The van der Waals surface area contributed by atoms with Crippen LogP contribution in [0.1, 0.15) is 41.5 Å². The van der Waals surface area contributed by atoms with Crippen LogP contribution >= 0.6 is 0 Å². The Morgan fingerprint density at radius 1 is 0.929 bits per heavy atom. The zero-order valence-corrected chi connectivity index (χ0v) is 17.4. The molecule has 150 valence electrons. The maximum atomic E-state index is 12.6. The number of hydrogen-bond donors (Lipinski definition) is 2. The van der Waals surface area contributed by atoms with E-state index in [0.29, 0.717) is 22.5 Å². The number of nitrogens with one attached hydrogen (secondary N) is 2. The first-order valence-electron chi connectivity index (χ1n) is 8.65. The summed E-state index contributed by atoms with van der Waals surface area (Å²) in [5, 5.41) is 5.61. The molecule has 0 saturated heterocycles. The predicted octanol–water partition coefficient (Wildman–Crippen LogP) is 2.86. The number of sulfonamides is 1. The molecule has 7 nitrogen and oxygen atoms in total. The van der Waals surface area contributed by atoms with Crippen molar-refractivity contribution in [1.29, 1.82) is 0 Å². The Bertz CT molecular complexity index is 977. The molecule has 0 aliphatic heterocycles. The van der Waals surface area contributed by atoms with Gasteiger partial charge in [-0.3, -0.25) is 13.9 Å². The maximum Gasteiger partial charge on any atom is 0.255 e. The van der Waals surface area contributed by atoms with Crippen LogP contribution in [0.3, 0.4) is 0 Å². The number of carbonyl (C=O) groups excluding carboxylic acids is 2. The van der Waals surface area contributed by atoms with Gasteiger partial charge in [-0.05, 0) is 57.2 Å². The van der Waals surface area contributed by atoms with Crippen LogP contribution in [0.4, 0.5) is 11.4 Å². The number of carbonyl (C=O) groups is 2. The lowest BCUT2D eigenvalue weighted by Gasteiger charge is -2.21. The van der Waals surface area contributed by atoms with Gasteiger partial charge in [-0.2, -0.15) is 0 Å². The second kappa shape index (κ2) is 8.02. The van der Waals surface area contributed by atoms with Crippen LogP contribution in [0.15, 0.2) is 48.5 Å². The van der Waals surface area contributed by atoms with Gasteiger partial charge in [-0.1, -0.05) is 12.1 Å². The molecule has 0 aromatic heterocycles. The van der Waals surface area contributed by atoms with Crippen molar-refractivity contribution in [2.75, 3.05) is 22.9 Å². The minimum Gasteiger partial charge on any atom is -0.347 e. The average Bonchev–Trinajstić information content (AvgIpc) is 2.59. The number of nitrogens with zero attached hydrogens (tertiary/aromatic N) is 1. The normalized spacial score (nSPS) is 11.6. The van der Waals surface area contributed by atoms with E-state index in [2.05, 4.69) is 10.6 Å². The van der Waals surface area contributed by atoms with Crippen molar-refractivity contribution in [2.24, 2.45) is 0 Å². The van der Waals surface area contributed by atoms with Crippen molar-refractivity contribution >= 4 is 33.2 Å². The molecule has 2 aromatic carbocycles. The van der Waals surface area contributed by atoms with Crippen molar-refractivity contribution in [3.8, 4) is 0 Å². The molecule has 0 heterocycles. The summed E-state index contributed by atoms with van der Waals surface area (Å²) in [6.07, 6.45) is 1.10. The van der Waals surface area contributed by atoms with E-state index in [1.807, 2.05) is 20.8 Å². The molecule has 2 N–H and O–H groups in total. The summed E-state index contributed by atoms with van der Waals surface area (Å²) in [4.78, 5) is 25.1. The monoisotopic (exact) mass is 403 g/mol. The van der Waals surface area contributed by atoms with E-state index < -0.39 is 21.5 Å². The summed E-state index contributed by atoms with van der Waals surface area (Å²) < 4.78 is 24.3. The molecule has 0 fully saturated rings. The first kappa shape index (κ1) is 21.4. The highest BCUT2D eigenvalue weighted by Crippen LogP contribution is 2.20. The lowest BCUT2D eigenvalue weighted by Crippen LogP contribution is -2.40. The molecule has 2 amide bonds. The van der Waals surface area contributed by atoms with Crippen LogP contribution in [0.5, 0.6) is 0 Å². The molecule has 2 aromatic rings. The fourth-order valence-corrected chi connectivity index (χ4v) is 2.91. The number of anilines is 2.